The van der Waals surface area contributed by atoms with Crippen LogP contribution in [0.15, 0.2) is 18.5 Å². The van der Waals surface area contributed by atoms with Crippen molar-refractivity contribution in [3.05, 3.63) is 24.0 Å². The number of alkyl halides is 1. The van der Waals surface area contributed by atoms with Crippen molar-refractivity contribution in [2.24, 2.45) is 0 Å². The van der Waals surface area contributed by atoms with Gasteiger partial charge < -0.3 is 4.74 Å². The summed E-state index contributed by atoms with van der Waals surface area (Å²) in [7, 11) is 0. The second kappa shape index (κ2) is 5.53. The molecule has 1 heterocycles. The number of aromatic nitrogens is 1. The lowest BCUT2D eigenvalue weighted by Gasteiger charge is -2.26. The van der Waals surface area contributed by atoms with Crippen LogP contribution in [0.1, 0.15) is 39.7 Å². The maximum Gasteiger partial charge on any atom is 0.137 e. The van der Waals surface area contributed by atoms with Gasteiger partial charge in [0.15, 0.2) is 0 Å². The van der Waals surface area contributed by atoms with Crippen LogP contribution < -0.4 is 4.74 Å². The topological polar surface area (TPSA) is 22.1 Å². The minimum absolute atomic E-state index is 0.0290. The van der Waals surface area contributed by atoms with Gasteiger partial charge in [0.1, 0.15) is 5.75 Å². The van der Waals surface area contributed by atoms with Crippen molar-refractivity contribution in [1.82, 2.24) is 4.98 Å². The highest BCUT2D eigenvalue weighted by Gasteiger charge is 2.23. The molecule has 16 heavy (non-hydrogen) atoms. The fourth-order valence-electron chi connectivity index (χ4n) is 1.86. The summed E-state index contributed by atoms with van der Waals surface area (Å²) in [4.78, 5) is 4.21. The predicted molar refractivity (Wildman–Crippen MR) is 68.4 cm³/mol. The Morgan fingerprint density at radius 1 is 1.44 bits per heavy atom. The molecule has 0 spiro atoms. The van der Waals surface area contributed by atoms with Gasteiger partial charge in [0.2, 0.25) is 0 Å². The minimum atomic E-state index is 0.0290. The molecule has 0 saturated carbocycles. The first-order chi connectivity index (χ1) is 7.45. The molecule has 0 radical (unpaired) electrons. The molecule has 0 fully saturated rings. The van der Waals surface area contributed by atoms with Crippen molar-refractivity contribution in [3.63, 3.8) is 0 Å². The molecular weight excluding hydrogens is 222 g/mol. The van der Waals surface area contributed by atoms with E-state index in [4.69, 9.17) is 16.3 Å². The molecule has 0 aliphatic heterocycles. The molecule has 1 atom stereocenters. The molecule has 1 aromatic heterocycles. The molecule has 0 aliphatic carbocycles. The Balaban J connectivity index is 2.89. The number of hydrogen-bond donors (Lipinski definition) is 0. The van der Waals surface area contributed by atoms with Gasteiger partial charge in [-0.2, -0.15) is 0 Å². The van der Waals surface area contributed by atoms with Crippen LogP contribution in [0.2, 0.25) is 0 Å². The van der Waals surface area contributed by atoms with Gasteiger partial charge >= 0.3 is 0 Å². The molecule has 0 saturated heterocycles. The van der Waals surface area contributed by atoms with Crippen LogP contribution in [0.25, 0.3) is 0 Å². The van der Waals surface area contributed by atoms with Gasteiger partial charge in [0, 0.05) is 11.6 Å². The van der Waals surface area contributed by atoms with Crippen LogP contribution in [0, 0.1) is 0 Å². The fourth-order valence-corrected chi connectivity index (χ4v) is 2.24. The predicted octanol–water partition coefficient (Wildman–Crippen LogP) is 3.78. The van der Waals surface area contributed by atoms with Crippen LogP contribution in [0.5, 0.6) is 5.75 Å². The Morgan fingerprint density at radius 2 is 2.12 bits per heavy atom. The van der Waals surface area contributed by atoms with E-state index in [-0.39, 0.29) is 10.8 Å². The lowest BCUT2D eigenvalue weighted by Crippen LogP contribution is -2.21. The van der Waals surface area contributed by atoms with Crippen molar-refractivity contribution < 1.29 is 4.74 Å². The smallest absolute Gasteiger partial charge is 0.137 e. The molecule has 2 nitrogen and oxygen atoms in total. The zero-order valence-electron chi connectivity index (χ0n) is 10.5. The largest absolute Gasteiger partial charge is 0.492 e. The first kappa shape index (κ1) is 13.3. The fraction of sp³-hybridized carbons (Fsp3) is 0.615. The molecule has 0 bridgehead atoms. The average molecular weight is 242 g/mol. The third-order valence-electron chi connectivity index (χ3n) is 2.60. The van der Waals surface area contributed by atoms with E-state index in [9.17, 15) is 0 Å². The van der Waals surface area contributed by atoms with Crippen LogP contribution in [0.4, 0.5) is 0 Å². The van der Waals surface area contributed by atoms with E-state index < -0.39 is 0 Å². The van der Waals surface area contributed by atoms with Gasteiger partial charge in [-0.3, -0.25) is 4.98 Å². The molecule has 0 N–H and O–H groups in total. The Hall–Kier alpha value is -0.760. The lowest BCUT2D eigenvalue weighted by molar-refractivity contribution is 0.337. The number of nitrogens with zero attached hydrogens (tertiary/aromatic N) is 1. The van der Waals surface area contributed by atoms with E-state index in [1.54, 1.807) is 6.20 Å². The summed E-state index contributed by atoms with van der Waals surface area (Å²) in [5.74, 6) is 0.829. The Morgan fingerprint density at radius 3 is 2.69 bits per heavy atom. The summed E-state index contributed by atoms with van der Waals surface area (Å²) in [5, 5.41) is 0.158. The first-order valence-corrected chi connectivity index (χ1v) is 6.11. The molecule has 0 aliphatic rings. The maximum absolute atomic E-state index is 6.06. The van der Waals surface area contributed by atoms with Gasteiger partial charge in [-0.05, 0) is 37.3 Å². The van der Waals surface area contributed by atoms with E-state index in [2.05, 4.69) is 24.9 Å². The van der Waals surface area contributed by atoms with Gasteiger partial charge in [-0.25, -0.2) is 0 Å². The quantitative estimate of drug-likeness (QED) is 0.732. The molecule has 1 aromatic rings. The second-order valence-electron chi connectivity index (χ2n) is 4.71. The lowest BCUT2D eigenvalue weighted by atomic mass is 9.81. The highest BCUT2D eigenvalue weighted by molar-refractivity contribution is 6.20. The summed E-state index contributed by atoms with van der Waals surface area (Å²) in [5.41, 5.74) is 1.20. The molecule has 1 unspecified atom stereocenters. The standard InChI is InChI=1S/C13H20ClNO/c1-5-16-12-6-11(8-15-9-12)13(3,4)7-10(2)14/h6,8-10H,5,7H2,1-4H3. The van der Waals surface area contributed by atoms with Crippen LogP contribution in [-0.2, 0) is 5.41 Å². The highest BCUT2D eigenvalue weighted by Crippen LogP contribution is 2.31. The van der Waals surface area contributed by atoms with Crippen molar-refractivity contribution in [3.8, 4) is 5.75 Å². The van der Waals surface area contributed by atoms with E-state index in [1.165, 1.54) is 5.56 Å². The van der Waals surface area contributed by atoms with E-state index in [1.807, 2.05) is 20.0 Å². The zero-order valence-corrected chi connectivity index (χ0v) is 11.2. The van der Waals surface area contributed by atoms with E-state index in [0.717, 1.165) is 12.2 Å². The van der Waals surface area contributed by atoms with Crippen LogP contribution in [-0.4, -0.2) is 17.0 Å². The molecule has 0 aromatic carbocycles. The third-order valence-corrected chi connectivity index (χ3v) is 2.75. The second-order valence-corrected chi connectivity index (χ2v) is 5.46. The SMILES string of the molecule is CCOc1cncc(C(C)(C)CC(C)Cl)c1. The van der Waals surface area contributed by atoms with Crippen molar-refractivity contribution in [2.75, 3.05) is 6.61 Å². The monoisotopic (exact) mass is 241 g/mol. The van der Waals surface area contributed by atoms with Gasteiger partial charge in [-0.1, -0.05) is 13.8 Å². The number of rotatable bonds is 5. The normalized spacial score (nSPS) is 13.6. The van der Waals surface area contributed by atoms with Crippen LogP contribution in [0.3, 0.4) is 0 Å². The van der Waals surface area contributed by atoms with Gasteiger partial charge in [0.25, 0.3) is 0 Å². The summed E-state index contributed by atoms with van der Waals surface area (Å²) in [6, 6.07) is 2.05. The third kappa shape index (κ3) is 3.67. The Kier molecular flexibility index (Phi) is 4.60. The molecule has 0 amide bonds. The average Bonchev–Trinajstić information content (AvgIpc) is 2.16. The molecule has 1 rings (SSSR count). The Labute approximate surface area is 103 Å². The number of halogens is 1. The molecule has 90 valence electrons. The zero-order chi connectivity index (χ0) is 12.2. The van der Waals surface area contributed by atoms with Crippen LogP contribution >= 0.6 is 11.6 Å². The summed E-state index contributed by atoms with van der Waals surface area (Å²) >= 11 is 6.06. The first-order valence-electron chi connectivity index (χ1n) is 5.68. The number of pyridine rings is 1. The minimum Gasteiger partial charge on any atom is -0.492 e. The summed E-state index contributed by atoms with van der Waals surface area (Å²) in [6.45, 7) is 9.01. The summed E-state index contributed by atoms with van der Waals surface area (Å²) < 4.78 is 5.45. The number of ether oxygens (including phenoxy) is 1. The number of hydrogen-bond acceptors (Lipinski definition) is 2. The van der Waals surface area contributed by atoms with E-state index in [0.29, 0.717) is 6.61 Å². The molecule has 3 heteroatoms. The highest BCUT2D eigenvalue weighted by atomic mass is 35.5. The van der Waals surface area contributed by atoms with Gasteiger partial charge in [-0.15, -0.1) is 11.6 Å². The van der Waals surface area contributed by atoms with Gasteiger partial charge in [0.05, 0.1) is 12.8 Å². The maximum atomic E-state index is 6.06. The van der Waals surface area contributed by atoms with Crippen molar-refractivity contribution in [1.29, 1.82) is 0 Å². The molecular formula is C13H20ClNO. The van der Waals surface area contributed by atoms with E-state index >= 15 is 0 Å². The van der Waals surface area contributed by atoms with Crippen molar-refractivity contribution in [2.45, 2.75) is 44.9 Å². The summed E-state index contributed by atoms with van der Waals surface area (Å²) in [6.07, 6.45) is 4.56. The Bertz CT molecular complexity index is 336. The van der Waals surface area contributed by atoms with Crippen molar-refractivity contribution >= 4 is 11.6 Å².